The number of carbonyl (C=O) groups is 1. The molecule has 138 valence electrons. The maximum atomic E-state index is 11.3. The molecule has 0 atom stereocenters. The third kappa shape index (κ3) is 10.6. The molecule has 3 nitrogen and oxygen atoms in total. The lowest BCUT2D eigenvalue weighted by molar-refractivity contribution is 0.0600. The number of hydrogen-bond acceptors (Lipinski definition) is 3. The second kappa shape index (κ2) is 14.5. The number of esters is 1. The molecule has 0 saturated carbocycles. The molecule has 0 spiro atoms. The highest BCUT2D eigenvalue weighted by Gasteiger charge is 2.03. The van der Waals surface area contributed by atoms with Gasteiger partial charge in [-0.05, 0) is 24.1 Å². The number of methoxy groups -OCH3 is 1. The summed E-state index contributed by atoms with van der Waals surface area (Å²) in [7, 11) is 1.38. The quantitative estimate of drug-likeness (QED) is 0.284. The molecule has 0 aliphatic carbocycles. The van der Waals surface area contributed by atoms with Crippen LogP contribution in [0, 0.1) is 11.8 Å². The van der Waals surface area contributed by atoms with Gasteiger partial charge in [0.25, 0.3) is 0 Å². The zero-order chi connectivity index (χ0) is 18.2. The second-order valence-electron chi connectivity index (χ2n) is 6.26. The number of ether oxygens (including phenoxy) is 2. The molecule has 25 heavy (non-hydrogen) atoms. The standard InChI is InChI=1S/C22H32O3/c1-3-4-5-6-7-8-9-10-11-12-13-18-25-19-20-14-16-21(17-15-20)22(23)24-2/h14-17H,3-11,18-19H2,1-2H3. The smallest absolute Gasteiger partial charge is 0.337 e. The molecule has 1 aromatic carbocycles. The fourth-order valence-corrected chi connectivity index (χ4v) is 2.56. The number of hydrogen-bond donors (Lipinski definition) is 0. The number of carbonyl (C=O) groups excluding carboxylic acids is 1. The van der Waals surface area contributed by atoms with Crippen LogP contribution in [-0.2, 0) is 16.1 Å². The Morgan fingerprint density at radius 1 is 0.920 bits per heavy atom. The van der Waals surface area contributed by atoms with Gasteiger partial charge in [0.1, 0.15) is 6.61 Å². The molecule has 0 fully saturated rings. The summed E-state index contributed by atoms with van der Waals surface area (Å²) >= 11 is 0. The van der Waals surface area contributed by atoms with Crippen molar-refractivity contribution in [3.63, 3.8) is 0 Å². The lowest BCUT2D eigenvalue weighted by Crippen LogP contribution is -2.01. The van der Waals surface area contributed by atoms with E-state index in [0.717, 1.165) is 12.0 Å². The number of benzene rings is 1. The summed E-state index contributed by atoms with van der Waals surface area (Å²) in [6, 6.07) is 7.25. The highest BCUT2D eigenvalue weighted by atomic mass is 16.5. The van der Waals surface area contributed by atoms with Crippen LogP contribution in [-0.4, -0.2) is 19.7 Å². The van der Waals surface area contributed by atoms with Crippen LogP contribution in [0.3, 0.4) is 0 Å². The summed E-state index contributed by atoms with van der Waals surface area (Å²) in [5.41, 5.74) is 1.58. The zero-order valence-electron chi connectivity index (χ0n) is 15.8. The van der Waals surface area contributed by atoms with Gasteiger partial charge in [0.05, 0.1) is 19.3 Å². The van der Waals surface area contributed by atoms with Crippen LogP contribution in [0.1, 0.15) is 80.6 Å². The van der Waals surface area contributed by atoms with E-state index in [2.05, 4.69) is 23.5 Å². The van der Waals surface area contributed by atoms with Crippen LogP contribution >= 0.6 is 0 Å². The lowest BCUT2D eigenvalue weighted by Gasteiger charge is -2.02. The van der Waals surface area contributed by atoms with E-state index in [0.29, 0.717) is 18.8 Å². The molecular formula is C22H32O3. The Morgan fingerprint density at radius 3 is 2.20 bits per heavy atom. The predicted molar refractivity (Wildman–Crippen MR) is 102 cm³/mol. The van der Waals surface area contributed by atoms with Gasteiger partial charge in [0, 0.05) is 6.42 Å². The summed E-state index contributed by atoms with van der Waals surface area (Å²) in [5.74, 6) is 5.93. The van der Waals surface area contributed by atoms with Gasteiger partial charge in [-0.3, -0.25) is 0 Å². The SMILES string of the molecule is CCCCCCCCCCC#CCOCc1ccc(C(=O)OC)cc1. The molecule has 0 aromatic heterocycles. The van der Waals surface area contributed by atoms with Crippen LogP contribution in [0.25, 0.3) is 0 Å². The highest BCUT2D eigenvalue weighted by molar-refractivity contribution is 5.89. The molecule has 3 heteroatoms. The first-order chi connectivity index (χ1) is 12.3. The van der Waals surface area contributed by atoms with Gasteiger partial charge in [-0.25, -0.2) is 4.79 Å². The Hall–Kier alpha value is -1.79. The van der Waals surface area contributed by atoms with Crippen molar-refractivity contribution >= 4 is 5.97 Å². The van der Waals surface area contributed by atoms with Crippen molar-refractivity contribution in [2.75, 3.05) is 13.7 Å². The average Bonchev–Trinajstić information content (AvgIpc) is 2.65. The molecule has 0 unspecified atom stereocenters. The maximum Gasteiger partial charge on any atom is 0.337 e. The van der Waals surface area contributed by atoms with Crippen molar-refractivity contribution in [1.29, 1.82) is 0 Å². The van der Waals surface area contributed by atoms with Crippen molar-refractivity contribution in [3.05, 3.63) is 35.4 Å². The normalized spacial score (nSPS) is 10.2. The van der Waals surface area contributed by atoms with Crippen LogP contribution < -0.4 is 0 Å². The minimum Gasteiger partial charge on any atom is -0.465 e. The molecular weight excluding hydrogens is 312 g/mol. The lowest BCUT2D eigenvalue weighted by atomic mass is 10.1. The Balaban J connectivity index is 2.01. The molecule has 0 N–H and O–H groups in total. The summed E-state index contributed by atoms with van der Waals surface area (Å²) in [6.07, 6.45) is 11.6. The van der Waals surface area contributed by atoms with Gasteiger partial charge in [0.2, 0.25) is 0 Å². The highest BCUT2D eigenvalue weighted by Crippen LogP contribution is 2.09. The summed E-state index contributed by atoms with van der Waals surface area (Å²) < 4.78 is 10.2. The van der Waals surface area contributed by atoms with E-state index in [1.807, 2.05) is 12.1 Å². The van der Waals surface area contributed by atoms with E-state index < -0.39 is 0 Å². The van der Waals surface area contributed by atoms with Crippen molar-refractivity contribution in [3.8, 4) is 11.8 Å². The fourth-order valence-electron chi connectivity index (χ4n) is 2.56. The first kappa shape index (κ1) is 21.3. The van der Waals surface area contributed by atoms with Gasteiger partial charge < -0.3 is 9.47 Å². The minimum absolute atomic E-state index is 0.320. The molecule has 0 saturated heterocycles. The molecule has 0 amide bonds. The van der Waals surface area contributed by atoms with Gasteiger partial charge >= 0.3 is 5.97 Å². The van der Waals surface area contributed by atoms with Crippen LogP contribution in [0.4, 0.5) is 0 Å². The van der Waals surface area contributed by atoms with Crippen LogP contribution in [0.2, 0.25) is 0 Å². The third-order valence-electron chi connectivity index (χ3n) is 4.10. The molecule has 1 aromatic rings. The Kier molecular flexibility index (Phi) is 12.4. The Labute approximate surface area is 153 Å². The fraction of sp³-hybridized carbons (Fsp3) is 0.591. The van der Waals surface area contributed by atoms with E-state index in [1.54, 1.807) is 12.1 Å². The van der Waals surface area contributed by atoms with Gasteiger partial charge in [-0.15, -0.1) is 5.92 Å². The molecule has 0 aliphatic rings. The summed E-state index contributed by atoms with van der Waals surface area (Å²) in [5, 5.41) is 0. The van der Waals surface area contributed by atoms with Gasteiger partial charge in [-0.2, -0.15) is 0 Å². The summed E-state index contributed by atoms with van der Waals surface area (Å²) in [4.78, 5) is 11.3. The number of unbranched alkanes of at least 4 members (excludes halogenated alkanes) is 8. The van der Waals surface area contributed by atoms with E-state index in [-0.39, 0.29) is 5.97 Å². The van der Waals surface area contributed by atoms with Gasteiger partial charge in [0.15, 0.2) is 0 Å². The van der Waals surface area contributed by atoms with Crippen molar-refractivity contribution in [2.45, 2.75) is 71.3 Å². The summed E-state index contributed by atoms with van der Waals surface area (Å²) in [6.45, 7) is 3.22. The number of rotatable bonds is 12. The predicted octanol–water partition coefficient (Wildman–Crippen LogP) is 5.52. The first-order valence-corrected chi connectivity index (χ1v) is 9.48. The maximum absolute atomic E-state index is 11.3. The van der Waals surface area contributed by atoms with Crippen molar-refractivity contribution in [1.82, 2.24) is 0 Å². The first-order valence-electron chi connectivity index (χ1n) is 9.48. The van der Waals surface area contributed by atoms with E-state index in [9.17, 15) is 4.79 Å². The van der Waals surface area contributed by atoms with Gasteiger partial charge in [-0.1, -0.05) is 69.9 Å². The second-order valence-corrected chi connectivity index (χ2v) is 6.26. The van der Waals surface area contributed by atoms with Crippen molar-refractivity contribution < 1.29 is 14.3 Å². The van der Waals surface area contributed by atoms with Crippen molar-refractivity contribution in [2.24, 2.45) is 0 Å². The molecule has 0 heterocycles. The van der Waals surface area contributed by atoms with E-state index >= 15 is 0 Å². The van der Waals surface area contributed by atoms with Crippen LogP contribution in [0.5, 0.6) is 0 Å². The monoisotopic (exact) mass is 344 g/mol. The Morgan fingerprint density at radius 2 is 1.56 bits per heavy atom. The third-order valence-corrected chi connectivity index (χ3v) is 4.10. The Bertz CT molecular complexity index is 522. The molecule has 0 aliphatic heterocycles. The molecule has 1 rings (SSSR count). The van der Waals surface area contributed by atoms with E-state index in [4.69, 9.17) is 4.74 Å². The molecule has 0 radical (unpaired) electrons. The minimum atomic E-state index is -0.320. The zero-order valence-corrected chi connectivity index (χ0v) is 15.8. The van der Waals surface area contributed by atoms with Crippen LogP contribution in [0.15, 0.2) is 24.3 Å². The average molecular weight is 344 g/mol. The largest absolute Gasteiger partial charge is 0.465 e. The van der Waals surface area contributed by atoms with E-state index in [1.165, 1.54) is 58.5 Å². The topological polar surface area (TPSA) is 35.5 Å². The molecule has 0 bridgehead atoms.